The summed E-state index contributed by atoms with van der Waals surface area (Å²) in [6, 6.07) is 15.5. The van der Waals surface area contributed by atoms with Gasteiger partial charge in [0.15, 0.2) is 11.0 Å². The van der Waals surface area contributed by atoms with Crippen molar-refractivity contribution in [2.45, 2.75) is 18.6 Å². The number of aromatic amines is 1. The van der Waals surface area contributed by atoms with E-state index in [1.807, 2.05) is 60.0 Å². The van der Waals surface area contributed by atoms with Crippen LogP contribution in [0, 0.1) is 6.92 Å². The summed E-state index contributed by atoms with van der Waals surface area (Å²) in [5.41, 5.74) is 2.99. The Balaban J connectivity index is 1.30. The summed E-state index contributed by atoms with van der Waals surface area (Å²) in [6.45, 7) is 2.29. The molecule has 0 aliphatic rings. The second-order valence-corrected chi connectivity index (χ2v) is 7.66. The van der Waals surface area contributed by atoms with Crippen molar-refractivity contribution in [3.8, 4) is 22.8 Å². The number of carbonyl (C=O) groups is 1. The van der Waals surface area contributed by atoms with Crippen molar-refractivity contribution >= 4 is 17.7 Å². The molecular formula is C21H21N7O2S. The smallest absolute Gasteiger partial charge is 0.230 e. The quantitative estimate of drug-likeness (QED) is 0.410. The van der Waals surface area contributed by atoms with Crippen molar-refractivity contribution in [3.05, 3.63) is 66.2 Å². The maximum atomic E-state index is 12.3. The summed E-state index contributed by atoms with van der Waals surface area (Å²) in [7, 11) is 1.62. The van der Waals surface area contributed by atoms with Crippen LogP contribution in [0.1, 0.15) is 11.4 Å². The van der Waals surface area contributed by atoms with Crippen molar-refractivity contribution in [1.82, 2.24) is 35.3 Å². The van der Waals surface area contributed by atoms with Crippen LogP contribution in [0.3, 0.4) is 0 Å². The van der Waals surface area contributed by atoms with Gasteiger partial charge in [0.1, 0.15) is 17.9 Å². The Labute approximate surface area is 183 Å². The second-order valence-electron chi connectivity index (χ2n) is 6.72. The van der Waals surface area contributed by atoms with Gasteiger partial charge in [0.25, 0.3) is 0 Å². The Hall–Kier alpha value is -3.66. The van der Waals surface area contributed by atoms with E-state index in [-0.39, 0.29) is 18.2 Å². The lowest BCUT2D eigenvalue weighted by Crippen LogP contribution is -2.25. The number of carbonyl (C=O) groups excluding carboxylic acids is 1. The third-order valence-electron chi connectivity index (χ3n) is 4.49. The molecule has 2 heterocycles. The van der Waals surface area contributed by atoms with E-state index in [9.17, 15) is 4.79 Å². The zero-order chi connectivity index (χ0) is 21.6. The molecule has 1 amide bonds. The number of hydrogen-bond donors (Lipinski definition) is 2. The molecule has 0 atom stereocenters. The number of aromatic nitrogens is 6. The molecule has 0 fully saturated rings. The predicted octanol–water partition coefficient (Wildman–Crippen LogP) is 2.78. The summed E-state index contributed by atoms with van der Waals surface area (Å²) in [6.07, 6.45) is 1.64. The molecule has 9 nitrogen and oxygen atoms in total. The molecule has 0 radical (unpaired) electrons. The van der Waals surface area contributed by atoms with Crippen LogP contribution in [0.25, 0.3) is 17.1 Å². The Kier molecular flexibility index (Phi) is 6.27. The molecule has 4 aromatic rings. The summed E-state index contributed by atoms with van der Waals surface area (Å²) in [5.74, 6) is 1.98. The summed E-state index contributed by atoms with van der Waals surface area (Å²) >= 11 is 1.32. The predicted molar refractivity (Wildman–Crippen MR) is 117 cm³/mol. The van der Waals surface area contributed by atoms with Crippen LogP contribution < -0.4 is 10.1 Å². The van der Waals surface area contributed by atoms with Crippen molar-refractivity contribution in [3.63, 3.8) is 0 Å². The van der Waals surface area contributed by atoms with E-state index in [0.29, 0.717) is 16.8 Å². The Morgan fingerprint density at radius 1 is 1.16 bits per heavy atom. The molecule has 0 saturated heterocycles. The van der Waals surface area contributed by atoms with Crippen LogP contribution in [0.2, 0.25) is 0 Å². The zero-order valence-electron chi connectivity index (χ0n) is 17.1. The zero-order valence-corrected chi connectivity index (χ0v) is 17.9. The number of methoxy groups -OCH3 is 1. The number of hydrogen-bond acceptors (Lipinski definition) is 7. The number of ether oxygens (including phenoxy) is 1. The monoisotopic (exact) mass is 435 g/mol. The standard InChI is InChI=1S/C21H21N7O2S/c1-14-3-7-16(8-4-14)28-13-23-27-21(28)31-12-19(29)22-11-18-24-20(26-25-18)15-5-9-17(30-2)10-6-15/h3-10,13H,11-12H2,1-2H3,(H,22,29)(H,24,25,26). The minimum absolute atomic E-state index is 0.133. The first-order valence-electron chi connectivity index (χ1n) is 9.54. The van der Waals surface area contributed by atoms with E-state index in [1.54, 1.807) is 13.4 Å². The van der Waals surface area contributed by atoms with Gasteiger partial charge in [0, 0.05) is 11.3 Å². The third kappa shape index (κ3) is 5.10. The number of thioether (sulfide) groups is 1. The van der Waals surface area contributed by atoms with Gasteiger partial charge in [-0.1, -0.05) is 29.5 Å². The fourth-order valence-electron chi connectivity index (χ4n) is 2.81. The van der Waals surface area contributed by atoms with Gasteiger partial charge in [-0.25, -0.2) is 4.98 Å². The molecule has 0 aliphatic carbocycles. The summed E-state index contributed by atoms with van der Waals surface area (Å²) in [4.78, 5) is 16.7. The topological polar surface area (TPSA) is 111 Å². The second kappa shape index (κ2) is 9.43. The molecule has 31 heavy (non-hydrogen) atoms. The molecule has 2 aromatic heterocycles. The first kappa shape index (κ1) is 20.6. The minimum Gasteiger partial charge on any atom is -0.497 e. The van der Waals surface area contributed by atoms with Gasteiger partial charge in [0.05, 0.1) is 19.4 Å². The Bertz CT molecular complexity index is 1150. The van der Waals surface area contributed by atoms with Crippen LogP contribution in [0.4, 0.5) is 0 Å². The molecule has 10 heteroatoms. The summed E-state index contributed by atoms with van der Waals surface area (Å²) < 4.78 is 7.01. The van der Waals surface area contributed by atoms with Crippen molar-refractivity contribution < 1.29 is 9.53 Å². The lowest BCUT2D eigenvalue weighted by molar-refractivity contribution is -0.118. The number of nitrogens with one attached hydrogen (secondary N) is 2. The van der Waals surface area contributed by atoms with E-state index in [2.05, 4.69) is 30.7 Å². The average Bonchev–Trinajstić information content (AvgIpc) is 3.47. The number of benzene rings is 2. The van der Waals surface area contributed by atoms with Crippen LogP contribution in [0.15, 0.2) is 60.0 Å². The third-order valence-corrected chi connectivity index (χ3v) is 5.44. The van der Waals surface area contributed by atoms with Gasteiger partial charge in [-0.2, -0.15) is 5.10 Å². The fourth-order valence-corrected chi connectivity index (χ4v) is 3.57. The summed E-state index contributed by atoms with van der Waals surface area (Å²) in [5, 5.41) is 18.6. The van der Waals surface area contributed by atoms with E-state index in [1.165, 1.54) is 17.3 Å². The van der Waals surface area contributed by atoms with Crippen LogP contribution in [0.5, 0.6) is 5.75 Å². The van der Waals surface area contributed by atoms with Gasteiger partial charge in [-0.3, -0.25) is 14.5 Å². The minimum atomic E-state index is -0.133. The number of rotatable bonds is 8. The van der Waals surface area contributed by atoms with Crippen LogP contribution in [-0.4, -0.2) is 48.7 Å². The van der Waals surface area contributed by atoms with Crippen molar-refractivity contribution in [2.24, 2.45) is 0 Å². The molecular weight excluding hydrogens is 414 g/mol. The van der Waals surface area contributed by atoms with Crippen LogP contribution in [-0.2, 0) is 11.3 Å². The molecule has 2 aromatic carbocycles. The number of H-pyrrole nitrogens is 1. The van der Waals surface area contributed by atoms with Gasteiger partial charge in [-0.15, -0.1) is 10.2 Å². The van der Waals surface area contributed by atoms with E-state index in [0.717, 1.165) is 17.0 Å². The Morgan fingerprint density at radius 2 is 1.94 bits per heavy atom. The van der Waals surface area contributed by atoms with Gasteiger partial charge >= 0.3 is 0 Å². The first-order chi connectivity index (χ1) is 15.1. The lowest BCUT2D eigenvalue weighted by Gasteiger charge is -2.06. The highest BCUT2D eigenvalue weighted by atomic mass is 32.2. The molecule has 0 unspecified atom stereocenters. The average molecular weight is 436 g/mol. The van der Waals surface area contributed by atoms with Gasteiger partial charge < -0.3 is 10.1 Å². The van der Waals surface area contributed by atoms with E-state index >= 15 is 0 Å². The molecule has 4 rings (SSSR count). The van der Waals surface area contributed by atoms with Gasteiger partial charge in [0.2, 0.25) is 5.91 Å². The maximum absolute atomic E-state index is 12.3. The lowest BCUT2D eigenvalue weighted by atomic mass is 10.2. The van der Waals surface area contributed by atoms with E-state index < -0.39 is 0 Å². The van der Waals surface area contributed by atoms with Crippen molar-refractivity contribution in [2.75, 3.05) is 12.9 Å². The van der Waals surface area contributed by atoms with E-state index in [4.69, 9.17) is 4.74 Å². The molecule has 0 saturated carbocycles. The number of aryl methyl sites for hydroxylation is 1. The SMILES string of the molecule is COc1ccc(-c2n[nH]c(CNC(=O)CSc3nncn3-c3ccc(C)cc3)n2)cc1. The largest absolute Gasteiger partial charge is 0.497 e. The number of amides is 1. The fraction of sp³-hybridized carbons (Fsp3) is 0.190. The molecule has 158 valence electrons. The molecule has 0 bridgehead atoms. The van der Waals surface area contributed by atoms with Crippen molar-refractivity contribution in [1.29, 1.82) is 0 Å². The molecule has 2 N–H and O–H groups in total. The Morgan fingerprint density at radius 3 is 2.68 bits per heavy atom. The number of nitrogens with zero attached hydrogens (tertiary/aromatic N) is 5. The maximum Gasteiger partial charge on any atom is 0.230 e. The molecule has 0 spiro atoms. The van der Waals surface area contributed by atoms with Crippen LogP contribution >= 0.6 is 11.8 Å². The first-order valence-corrected chi connectivity index (χ1v) is 10.5. The highest BCUT2D eigenvalue weighted by Gasteiger charge is 2.11. The van der Waals surface area contributed by atoms with Gasteiger partial charge in [-0.05, 0) is 43.3 Å². The highest BCUT2D eigenvalue weighted by Crippen LogP contribution is 2.20. The normalized spacial score (nSPS) is 10.8. The highest BCUT2D eigenvalue weighted by molar-refractivity contribution is 7.99. The molecule has 0 aliphatic heterocycles.